The fraction of sp³-hybridized carbons (Fsp3) is 0.300. The van der Waals surface area contributed by atoms with E-state index in [1.54, 1.807) is 6.07 Å². The number of thiophene rings is 1. The second-order valence-corrected chi connectivity index (χ2v) is 8.67. The summed E-state index contributed by atoms with van der Waals surface area (Å²) in [6, 6.07) is 1.78. The van der Waals surface area contributed by atoms with Crippen molar-refractivity contribution in [2.45, 2.75) is 18.8 Å². The fourth-order valence-corrected chi connectivity index (χ4v) is 5.14. The van der Waals surface area contributed by atoms with Crippen LogP contribution < -0.4 is 5.32 Å². The standard InChI is InChI=1S/C10H7Br2N3OS2/c11-6-3-5(7(12)17-6)8(16)13-10-15-14-9(18-10)4-1-2-4/h3-4H,1-2H2,(H,13,15,16). The number of aromatic nitrogens is 2. The molecule has 1 N–H and O–H groups in total. The van der Waals surface area contributed by atoms with Crippen molar-refractivity contribution in [3.63, 3.8) is 0 Å². The van der Waals surface area contributed by atoms with E-state index >= 15 is 0 Å². The summed E-state index contributed by atoms with van der Waals surface area (Å²) in [5, 5.41) is 12.4. The summed E-state index contributed by atoms with van der Waals surface area (Å²) in [7, 11) is 0. The molecule has 18 heavy (non-hydrogen) atoms. The number of carbonyl (C=O) groups excluding carboxylic acids is 1. The Bertz CT molecular complexity index is 606. The van der Waals surface area contributed by atoms with Crippen LogP contribution in [-0.2, 0) is 0 Å². The molecule has 0 aromatic carbocycles. The van der Waals surface area contributed by atoms with Crippen LogP contribution in [0.4, 0.5) is 5.13 Å². The SMILES string of the molecule is O=C(Nc1nnc(C2CC2)s1)c1cc(Br)sc1Br. The predicted molar refractivity (Wildman–Crippen MR) is 79.6 cm³/mol. The Kier molecular flexibility index (Phi) is 3.52. The van der Waals surface area contributed by atoms with Crippen LogP contribution in [0.1, 0.15) is 34.1 Å². The third-order valence-corrected chi connectivity index (χ3v) is 5.83. The molecule has 0 atom stereocenters. The normalized spacial score (nSPS) is 14.8. The van der Waals surface area contributed by atoms with Crippen LogP contribution in [0.5, 0.6) is 0 Å². The van der Waals surface area contributed by atoms with Gasteiger partial charge in [-0.1, -0.05) is 11.3 Å². The fourth-order valence-electron chi connectivity index (χ4n) is 1.44. The van der Waals surface area contributed by atoms with Crippen LogP contribution >= 0.6 is 54.5 Å². The molecule has 0 saturated heterocycles. The molecule has 0 radical (unpaired) electrons. The van der Waals surface area contributed by atoms with Crippen LogP contribution in [0, 0.1) is 0 Å². The molecule has 1 amide bonds. The smallest absolute Gasteiger partial charge is 0.259 e. The first-order valence-electron chi connectivity index (χ1n) is 5.23. The maximum Gasteiger partial charge on any atom is 0.259 e. The van der Waals surface area contributed by atoms with Crippen molar-refractivity contribution in [3.8, 4) is 0 Å². The van der Waals surface area contributed by atoms with E-state index in [0.29, 0.717) is 16.6 Å². The maximum atomic E-state index is 12.0. The number of nitrogens with zero attached hydrogens (tertiary/aromatic N) is 2. The first-order chi connectivity index (χ1) is 8.63. The third-order valence-electron chi connectivity index (χ3n) is 2.49. The van der Waals surface area contributed by atoms with Crippen LogP contribution in [0.2, 0.25) is 0 Å². The van der Waals surface area contributed by atoms with Crippen molar-refractivity contribution < 1.29 is 4.79 Å². The van der Waals surface area contributed by atoms with Gasteiger partial charge in [0, 0.05) is 5.92 Å². The Hall–Kier alpha value is -0.310. The van der Waals surface area contributed by atoms with Gasteiger partial charge in [-0.05, 0) is 50.8 Å². The monoisotopic (exact) mass is 407 g/mol. The number of amides is 1. The summed E-state index contributed by atoms with van der Waals surface area (Å²) in [6.07, 6.45) is 2.37. The van der Waals surface area contributed by atoms with Crippen LogP contribution in [-0.4, -0.2) is 16.1 Å². The van der Waals surface area contributed by atoms with Crippen LogP contribution in [0.25, 0.3) is 0 Å². The average molecular weight is 409 g/mol. The molecule has 8 heteroatoms. The lowest BCUT2D eigenvalue weighted by atomic mass is 10.3. The molecule has 94 valence electrons. The molecule has 1 aliphatic rings. The van der Waals surface area contributed by atoms with E-state index in [-0.39, 0.29) is 5.91 Å². The summed E-state index contributed by atoms with van der Waals surface area (Å²) in [6.45, 7) is 0. The van der Waals surface area contributed by atoms with E-state index in [1.807, 2.05) is 0 Å². The minimum Gasteiger partial charge on any atom is -0.296 e. The van der Waals surface area contributed by atoms with Crippen molar-refractivity contribution in [2.75, 3.05) is 5.32 Å². The molecule has 3 rings (SSSR count). The van der Waals surface area contributed by atoms with Crippen molar-refractivity contribution in [1.82, 2.24) is 10.2 Å². The highest BCUT2D eigenvalue weighted by atomic mass is 79.9. The van der Waals surface area contributed by atoms with E-state index in [0.717, 1.165) is 12.6 Å². The van der Waals surface area contributed by atoms with Gasteiger partial charge >= 0.3 is 0 Å². The molecule has 0 aliphatic heterocycles. The Morgan fingerprint density at radius 2 is 2.11 bits per heavy atom. The highest BCUT2D eigenvalue weighted by Gasteiger charge is 2.28. The van der Waals surface area contributed by atoms with Crippen molar-refractivity contribution in [1.29, 1.82) is 0 Å². The molecule has 4 nitrogen and oxygen atoms in total. The predicted octanol–water partition coefficient (Wildman–Crippen LogP) is 4.25. The summed E-state index contributed by atoms with van der Waals surface area (Å²) in [5.74, 6) is 0.400. The van der Waals surface area contributed by atoms with Gasteiger partial charge in [-0.15, -0.1) is 21.5 Å². The van der Waals surface area contributed by atoms with E-state index in [1.165, 1.54) is 35.5 Å². The zero-order chi connectivity index (χ0) is 12.7. The molecule has 0 spiro atoms. The molecular weight excluding hydrogens is 402 g/mol. The molecule has 1 saturated carbocycles. The van der Waals surface area contributed by atoms with Crippen molar-refractivity contribution in [3.05, 3.63) is 24.2 Å². The van der Waals surface area contributed by atoms with E-state index in [9.17, 15) is 4.79 Å². The Morgan fingerprint density at radius 3 is 2.72 bits per heavy atom. The minimum absolute atomic E-state index is 0.165. The lowest BCUT2D eigenvalue weighted by Crippen LogP contribution is -2.11. The molecule has 2 aromatic rings. The topological polar surface area (TPSA) is 54.9 Å². The molecule has 2 heterocycles. The van der Waals surface area contributed by atoms with Crippen LogP contribution in [0.15, 0.2) is 13.6 Å². The van der Waals surface area contributed by atoms with Gasteiger partial charge in [-0.25, -0.2) is 0 Å². The summed E-state index contributed by atoms with van der Waals surface area (Å²) >= 11 is 9.65. The zero-order valence-corrected chi connectivity index (χ0v) is 13.7. The first kappa shape index (κ1) is 12.7. The number of halogens is 2. The van der Waals surface area contributed by atoms with Crippen molar-refractivity contribution >= 4 is 65.6 Å². The lowest BCUT2D eigenvalue weighted by Gasteiger charge is -1.98. The number of anilines is 1. The summed E-state index contributed by atoms with van der Waals surface area (Å²) in [4.78, 5) is 12.0. The number of hydrogen-bond acceptors (Lipinski definition) is 5. The maximum absolute atomic E-state index is 12.0. The van der Waals surface area contributed by atoms with E-state index < -0.39 is 0 Å². The van der Waals surface area contributed by atoms with E-state index in [2.05, 4.69) is 47.4 Å². The summed E-state index contributed by atoms with van der Waals surface area (Å²) < 4.78 is 1.72. The molecule has 1 fully saturated rings. The first-order valence-corrected chi connectivity index (χ1v) is 8.45. The molecule has 2 aromatic heterocycles. The molecule has 0 unspecified atom stereocenters. The zero-order valence-electron chi connectivity index (χ0n) is 8.94. The highest BCUT2D eigenvalue weighted by molar-refractivity contribution is 9.12. The van der Waals surface area contributed by atoms with Gasteiger partial charge in [0.2, 0.25) is 5.13 Å². The molecule has 1 aliphatic carbocycles. The van der Waals surface area contributed by atoms with Gasteiger partial charge < -0.3 is 0 Å². The van der Waals surface area contributed by atoms with Crippen molar-refractivity contribution in [2.24, 2.45) is 0 Å². The largest absolute Gasteiger partial charge is 0.296 e. The lowest BCUT2D eigenvalue weighted by molar-refractivity contribution is 0.102. The molecular formula is C10H7Br2N3OS2. The van der Waals surface area contributed by atoms with Gasteiger partial charge in [-0.3, -0.25) is 10.1 Å². The Morgan fingerprint density at radius 1 is 1.33 bits per heavy atom. The van der Waals surface area contributed by atoms with Gasteiger partial charge in [0.25, 0.3) is 5.91 Å². The third kappa shape index (κ3) is 2.66. The van der Waals surface area contributed by atoms with Crippen LogP contribution in [0.3, 0.4) is 0 Å². The van der Waals surface area contributed by atoms with Gasteiger partial charge in [0.05, 0.1) is 13.1 Å². The van der Waals surface area contributed by atoms with Gasteiger partial charge in [0.15, 0.2) is 0 Å². The van der Waals surface area contributed by atoms with Gasteiger partial charge in [-0.2, -0.15) is 0 Å². The number of rotatable bonds is 3. The second kappa shape index (κ2) is 4.99. The minimum atomic E-state index is -0.165. The number of hydrogen-bond donors (Lipinski definition) is 1. The Labute approximate surface area is 128 Å². The molecule has 0 bridgehead atoms. The number of nitrogens with one attached hydrogen (secondary N) is 1. The Balaban J connectivity index is 1.74. The number of carbonyl (C=O) groups is 1. The average Bonchev–Trinajstić information content (AvgIpc) is 2.97. The van der Waals surface area contributed by atoms with E-state index in [4.69, 9.17) is 0 Å². The highest BCUT2D eigenvalue weighted by Crippen LogP contribution is 2.42. The summed E-state index contributed by atoms with van der Waals surface area (Å²) in [5.41, 5.74) is 0.607. The quantitative estimate of drug-likeness (QED) is 0.825. The van der Waals surface area contributed by atoms with Gasteiger partial charge in [0.1, 0.15) is 5.01 Å². The second-order valence-electron chi connectivity index (χ2n) is 3.91.